The zero-order valence-electron chi connectivity index (χ0n) is 7.74. The van der Waals surface area contributed by atoms with Crippen LogP contribution in [0.2, 0.25) is 0 Å². The highest BCUT2D eigenvalue weighted by molar-refractivity contribution is 5.16. The lowest BCUT2D eigenvalue weighted by atomic mass is 9.68. The molecular weight excluding hydrogens is 158 g/mol. The molecule has 2 aliphatic carbocycles. The summed E-state index contributed by atoms with van der Waals surface area (Å²) in [6.07, 6.45) is 2.89. The van der Waals surface area contributed by atoms with Crippen LogP contribution in [-0.2, 0) is 0 Å². The van der Waals surface area contributed by atoms with E-state index in [0.717, 1.165) is 19.3 Å². The Balaban J connectivity index is 1.79. The third kappa shape index (κ3) is 1.07. The first-order valence-electron chi connectivity index (χ1n) is 4.83. The van der Waals surface area contributed by atoms with Crippen molar-refractivity contribution in [3.8, 4) is 0 Å². The molecule has 70 valence electrons. The molecule has 2 fully saturated rings. The minimum atomic E-state index is -2.29. The molecule has 0 bridgehead atoms. The Morgan fingerprint density at radius 3 is 2.17 bits per heavy atom. The van der Waals surface area contributed by atoms with E-state index in [1.807, 2.05) is 0 Å². The fourth-order valence-electron chi connectivity index (χ4n) is 2.70. The molecule has 1 spiro atoms. The van der Waals surface area contributed by atoms with Crippen LogP contribution in [0.3, 0.4) is 0 Å². The number of hydrogen-bond donors (Lipinski definition) is 0. The first kappa shape index (κ1) is 8.46. The van der Waals surface area contributed by atoms with Gasteiger partial charge in [-0.15, -0.1) is 0 Å². The maximum Gasteiger partial charge on any atom is 0.254 e. The Morgan fingerprint density at radius 2 is 1.83 bits per heavy atom. The number of alkyl halides is 2. The first-order valence-corrected chi connectivity index (χ1v) is 4.83. The van der Waals surface area contributed by atoms with Gasteiger partial charge in [0.1, 0.15) is 0 Å². The summed E-state index contributed by atoms with van der Waals surface area (Å²) < 4.78 is 25.5. The Bertz CT molecular complexity index is 190. The van der Waals surface area contributed by atoms with Gasteiger partial charge in [0.25, 0.3) is 5.92 Å². The third-order valence-corrected chi connectivity index (χ3v) is 3.37. The van der Waals surface area contributed by atoms with Gasteiger partial charge in [-0.05, 0) is 31.1 Å². The molecule has 2 heteroatoms. The molecule has 0 nitrogen and oxygen atoms in total. The number of hydrogen-bond acceptors (Lipinski definition) is 0. The van der Waals surface area contributed by atoms with Crippen LogP contribution in [0.15, 0.2) is 0 Å². The molecule has 0 saturated heterocycles. The average molecular weight is 174 g/mol. The second kappa shape index (κ2) is 2.21. The van der Waals surface area contributed by atoms with Crippen molar-refractivity contribution in [3.63, 3.8) is 0 Å². The zero-order chi connectivity index (χ0) is 8.98. The minimum absolute atomic E-state index is 0.175. The van der Waals surface area contributed by atoms with E-state index >= 15 is 0 Å². The topological polar surface area (TPSA) is 0 Å². The Hall–Kier alpha value is -0.140. The fourth-order valence-corrected chi connectivity index (χ4v) is 2.70. The van der Waals surface area contributed by atoms with Crippen LogP contribution in [0.5, 0.6) is 0 Å². The largest absolute Gasteiger partial charge is 0.254 e. The van der Waals surface area contributed by atoms with Gasteiger partial charge in [-0.2, -0.15) is 0 Å². The molecule has 0 N–H and O–H groups in total. The van der Waals surface area contributed by atoms with Gasteiger partial charge in [0.15, 0.2) is 0 Å². The standard InChI is InChI=1S/C10H16F2/c1-7(2)3-8-4-9(5-8)6-10(9,11)12/h7-8H,3-6H2,1-2H3. The van der Waals surface area contributed by atoms with Gasteiger partial charge in [-0.1, -0.05) is 13.8 Å². The molecule has 0 amide bonds. The highest BCUT2D eigenvalue weighted by Gasteiger charge is 2.75. The smallest absolute Gasteiger partial charge is 0.206 e. The Kier molecular flexibility index (Phi) is 1.56. The van der Waals surface area contributed by atoms with Crippen LogP contribution in [0.25, 0.3) is 0 Å². The van der Waals surface area contributed by atoms with Crippen LogP contribution in [0, 0.1) is 17.3 Å². The van der Waals surface area contributed by atoms with E-state index in [2.05, 4.69) is 13.8 Å². The first-order chi connectivity index (χ1) is 5.45. The monoisotopic (exact) mass is 174 g/mol. The quantitative estimate of drug-likeness (QED) is 0.601. The van der Waals surface area contributed by atoms with Gasteiger partial charge < -0.3 is 0 Å². The van der Waals surface area contributed by atoms with E-state index in [1.165, 1.54) is 0 Å². The lowest BCUT2D eigenvalue weighted by molar-refractivity contribution is -0.00348. The van der Waals surface area contributed by atoms with Crippen LogP contribution in [0.1, 0.15) is 39.5 Å². The van der Waals surface area contributed by atoms with Crippen molar-refractivity contribution in [2.24, 2.45) is 17.3 Å². The van der Waals surface area contributed by atoms with Crippen molar-refractivity contribution >= 4 is 0 Å². The molecule has 0 unspecified atom stereocenters. The molecule has 2 rings (SSSR count). The SMILES string of the molecule is CC(C)CC1CC2(C1)CC2(F)F. The highest BCUT2D eigenvalue weighted by Crippen LogP contribution is 2.73. The average Bonchev–Trinajstić information content (AvgIpc) is 2.31. The maximum atomic E-state index is 12.7. The van der Waals surface area contributed by atoms with Gasteiger partial charge in [0, 0.05) is 11.8 Å². The van der Waals surface area contributed by atoms with Gasteiger partial charge in [0.05, 0.1) is 0 Å². The normalized spacial score (nSPS) is 43.2. The molecule has 0 heterocycles. The predicted octanol–water partition coefficient (Wildman–Crippen LogP) is 3.47. The van der Waals surface area contributed by atoms with Crippen molar-refractivity contribution < 1.29 is 8.78 Å². The number of rotatable bonds is 2. The van der Waals surface area contributed by atoms with Gasteiger partial charge >= 0.3 is 0 Å². The molecule has 2 aliphatic rings. The van der Waals surface area contributed by atoms with Crippen molar-refractivity contribution in [1.29, 1.82) is 0 Å². The second-order valence-corrected chi connectivity index (χ2v) is 5.07. The summed E-state index contributed by atoms with van der Waals surface area (Å²) in [7, 11) is 0. The number of halogens is 2. The van der Waals surface area contributed by atoms with Gasteiger partial charge in [-0.3, -0.25) is 0 Å². The summed E-state index contributed by atoms with van der Waals surface area (Å²) in [5, 5.41) is 0. The van der Waals surface area contributed by atoms with Crippen LogP contribution in [0.4, 0.5) is 8.78 Å². The van der Waals surface area contributed by atoms with Crippen molar-refractivity contribution in [1.82, 2.24) is 0 Å². The summed E-state index contributed by atoms with van der Waals surface area (Å²) in [5.74, 6) is -1.03. The van der Waals surface area contributed by atoms with E-state index in [1.54, 1.807) is 0 Å². The summed E-state index contributed by atoms with van der Waals surface area (Å²) in [5.41, 5.74) is -0.507. The van der Waals surface area contributed by atoms with E-state index in [4.69, 9.17) is 0 Å². The second-order valence-electron chi connectivity index (χ2n) is 5.07. The van der Waals surface area contributed by atoms with Crippen molar-refractivity contribution in [2.75, 3.05) is 0 Å². The Morgan fingerprint density at radius 1 is 1.33 bits per heavy atom. The minimum Gasteiger partial charge on any atom is -0.206 e. The van der Waals surface area contributed by atoms with E-state index < -0.39 is 11.3 Å². The van der Waals surface area contributed by atoms with E-state index in [-0.39, 0.29) is 6.42 Å². The van der Waals surface area contributed by atoms with E-state index in [9.17, 15) is 8.78 Å². The Labute approximate surface area is 72.3 Å². The van der Waals surface area contributed by atoms with Crippen molar-refractivity contribution in [2.45, 2.75) is 45.5 Å². The molecule has 0 aromatic heterocycles. The summed E-state index contributed by atoms with van der Waals surface area (Å²) >= 11 is 0. The molecule has 0 aliphatic heterocycles. The van der Waals surface area contributed by atoms with Crippen LogP contribution < -0.4 is 0 Å². The summed E-state index contributed by atoms with van der Waals surface area (Å²) in [6, 6.07) is 0. The van der Waals surface area contributed by atoms with Crippen LogP contribution >= 0.6 is 0 Å². The summed E-state index contributed by atoms with van der Waals surface area (Å²) in [6.45, 7) is 4.33. The predicted molar refractivity (Wildman–Crippen MR) is 44.2 cm³/mol. The lowest BCUT2D eigenvalue weighted by Crippen LogP contribution is -2.31. The molecule has 0 aromatic carbocycles. The van der Waals surface area contributed by atoms with Gasteiger partial charge in [0.2, 0.25) is 0 Å². The third-order valence-electron chi connectivity index (χ3n) is 3.37. The van der Waals surface area contributed by atoms with E-state index in [0.29, 0.717) is 11.8 Å². The molecule has 12 heavy (non-hydrogen) atoms. The van der Waals surface area contributed by atoms with Crippen LogP contribution in [-0.4, -0.2) is 5.92 Å². The van der Waals surface area contributed by atoms with Gasteiger partial charge in [-0.25, -0.2) is 8.78 Å². The molecular formula is C10H16F2. The fraction of sp³-hybridized carbons (Fsp3) is 1.00. The highest BCUT2D eigenvalue weighted by atomic mass is 19.3. The summed E-state index contributed by atoms with van der Waals surface area (Å²) in [4.78, 5) is 0. The van der Waals surface area contributed by atoms with Crippen molar-refractivity contribution in [3.05, 3.63) is 0 Å². The molecule has 0 atom stereocenters. The molecule has 2 saturated carbocycles. The zero-order valence-corrected chi connectivity index (χ0v) is 7.74. The molecule has 0 aromatic rings. The lowest BCUT2D eigenvalue weighted by Gasteiger charge is -2.37. The maximum absolute atomic E-state index is 12.7. The molecule has 0 radical (unpaired) electrons.